The minimum Gasteiger partial charge on any atom is -0.495 e. The van der Waals surface area contributed by atoms with Gasteiger partial charge in [-0.3, -0.25) is 9.59 Å². The zero-order chi connectivity index (χ0) is 23.3. The van der Waals surface area contributed by atoms with Crippen molar-refractivity contribution >= 4 is 39.2 Å². The van der Waals surface area contributed by atoms with Gasteiger partial charge in [-0.25, -0.2) is 12.8 Å². The third-order valence-electron chi connectivity index (χ3n) is 5.02. The molecule has 0 saturated carbocycles. The molecule has 1 N–H and O–H groups in total. The van der Waals surface area contributed by atoms with Crippen molar-refractivity contribution < 1.29 is 31.9 Å². The average molecular weight is 485 g/mol. The van der Waals surface area contributed by atoms with Crippen LogP contribution in [-0.2, 0) is 24.3 Å². The molecule has 0 spiro atoms. The second kappa shape index (κ2) is 10.3. The molecule has 1 amide bonds. The Morgan fingerprint density at radius 2 is 1.81 bits per heavy atom. The van der Waals surface area contributed by atoms with Gasteiger partial charge in [-0.15, -0.1) is 0 Å². The van der Waals surface area contributed by atoms with Crippen LogP contribution >= 0.6 is 11.6 Å². The fourth-order valence-electron chi connectivity index (χ4n) is 3.31. The smallest absolute Gasteiger partial charge is 0.309 e. The molecule has 1 heterocycles. The van der Waals surface area contributed by atoms with Crippen LogP contribution < -0.4 is 10.1 Å². The summed E-state index contributed by atoms with van der Waals surface area (Å²) in [4.78, 5) is 24.5. The molecule has 0 aliphatic carbocycles. The Bertz CT molecular complexity index is 1090. The third kappa shape index (κ3) is 5.76. The van der Waals surface area contributed by atoms with E-state index < -0.39 is 40.2 Å². The van der Waals surface area contributed by atoms with Gasteiger partial charge in [0, 0.05) is 18.1 Å². The highest BCUT2D eigenvalue weighted by Crippen LogP contribution is 2.28. The highest BCUT2D eigenvalue weighted by atomic mass is 35.5. The molecule has 32 heavy (non-hydrogen) atoms. The number of esters is 1. The molecular formula is C21H22ClFN2O6S. The largest absolute Gasteiger partial charge is 0.495 e. The molecule has 0 aromatic heterocycles. The van der Waals surface area contributed by atoms with Crippen molar-refractivity contribution in [2.45, 2.75) is 17.7 Å². The quantitative estimate of drug-likeness (QED) is 0.606. The van der Waals surface area contributed by atoms with Gasteiger partial charge in [0.1, 0.15) is 11.6 Å². The highest BCUT2D eigenvalue weighted by Gasteiger charge is 2.33. The lowest BCUT2D eigenvalue weighted by Gasteiger charge is -2.30. The molecule has 0 radical (unpaired) electrons. The number of nitrogens with zero attached hydrogens (tertiary/aromatic N) is 1. The van der Waals surface area contributed by atoms with Crippen molar-refractivity contribution in [3.05, 3.63) is 53.3 Å². The number of sulfonamides is 1. The van der Waals surface area contributed by atoms with E-state index in [1.807, 2.05) is 0 Å². The number of benzene rings is 2. The average Bonchev–Trinajstić information content (AvgIpc) is 2.78. The normalized spacial score (nSPS) is 15.2. The predicted molar refractivity (Wildman–Crippen MR) is 115 cm³/mol. The lowest BCUT2D eigenvalue weighted by atomic mass is 9.98. The van der Waals surface area contributed by atoms with Gasteiger partial charge in [-0.2, -0.15) is 4.31 Å². The van der Waals surface area contributed by atoms with E-state index in [1.54, 1.807) is 12.1 Å². The van der Waals surface area contributed by atoms with Crippen molar-refractivity contribution in [1.82, 2.24) is 4.31 Å². The summed E-state index contributed by atoms with van der Waals surface area (Å²) in [5.74, 6) is -1.78. The van der Waals surface area contributed by atoms with E-state index in [2.05, 4.69) is 5.32 Å². The van der Waals surface area contributed by atoms with Gasteiger partial charge in [-0.05, 0) is 55.3 Å². The number of hydrogen-bond donors (Lipinski definition) is 1. The van der Waals surface area contributed by atoms with Crippen LogP contribution in [0.3, 0.4) is 0 Å². The van der Waals surface area contributed by atoms with E-state index in [-0.39, 0.29) is 30.8 Å². The number of ether oxygens (including phenoxy) is 2. The van der Waals surface area contributed by atoms with Gasteiger partial charge >= 0.3 is 5.97 Å². The van der Waals surface area contributed by atoms with E-state index >= 15 is 0 Å². The summed E-state index contributed by atoms with van der Waals surface area (Å²) in [5.41, 5.74) is 0.348. The molecule has 3 rings (SSSR count). The molecule has 2 aromatic carbocycles. The fourth-order valence-corrected chi connectivity index (χ4v) is 4.95. The zero-order valence-electron chi connectivity index (χ0n) is 17.2. The molecule has 1 aliphatic rings. The van der Waals surface area contributed by atoms with Crippen molar-refractivity contribution in [3.63, 3.8) is 0 Å². The molecule has 11 heteroatoms. The summed E-state index contributed by atoms with van der Waals surface area (Å²) in [6.45, 7) is -0.265. The Hall–Kier alpha value is -2.69. The molecule has 8 nitrogen and oxygen atoms in total. The van der Waals surface area contributed by atoms with E-state index in [0.717, 1.165) is 12.1 Å². The fraction of sp³-hybridized carbons (Fsp3) is 0.333. The summed E-state index contributed by atoms with van der Waals surface area (Å²) in [7, 11) is -2.32. The van der Waals surface area contributed by atoms with Crippen LogP contribution in [0.5, 0.6) is 5.75 Å². The molecular weight excluding hydrogens is 463 g/mol. The van der Waals surface area contributed by atoms with Gasteiger partial charge in [0.25, 0.3) is 5.91 Å². The lowest BCUT2D eigenvalue weighted by molar-refractivity contribution is -0.152. The predicted octanol–water partition coefficient (Wildman–Crippen LogP) is 3.07. The van der Waals surface area contributed by atoms with Crippen LogP contribution in [0.1, 0.15) is 12.8 Å². The maximum absolute atomic E-state index is 13.1. The van der Waals surface area contributed by atoms with Gasteiger partial charge in [0.15, 0.2) is 6.61 Å². The van der Waals surface area contributed by atoms with E-state index in [4.69, 9.17) is 21.1 Å². The molecule has 2 aromatic rings. The number of anilines is 1. The van der Waals surface area contributed by atoms with Crippen LogP contribution in [0, 0.1) is 11.7 Å². The van der Waals surface area contributed by atoms with Crippen molar-refractivity contribution in [2.75, 3.05) is 32.1 Å². The zero-order valence-corrected chi connectivity index (χ0v) is 18.8. The summed E-state index contributed by atoms with van der Waals surface area (Å²) >= 11 is 5.92. The summed E-state index contributed by atoms with van der Waals surface area (Å²) < 4.78 is 49.9. The van der Waals surface area contributed by atoms with Crippen LogP contribution in [0.25, 0.3) is 0 Å². The molecule has 1 aliphatic heterocycles. The van der Waals surface area contributed by atoms with Crippen LogP contribution in [0.4, 0.5) is 10.1 Å². The number of piperidine rings is 1. The lowest BCUT2D eigenvalue weighted by Crippen LogP contribution is -2.40. The number of amides is 1. The number of hydrogen-bond acceptors (Lipinski definition) is 6. The number of carbonyl (C=O) groups excluding carboxylic acids is 2. The molecule has 0 atom stereocenters. The van der Waals surface area contributed by atoms with Gasteiger partial charge in [-0.1, -0.05) is 11.6 Å². The standard InChI is InChI=1S/C21H22ClFN2O6S/c1-30-19-7-2-15(22)12-18(19)24-20(26)13-31-21(27)14-8-10-25(11-9-14)32(28,29)17-5-3-16(23)4-6-17/h2-7,12,14H,8-11,13H2,1H3,(H,24,26). The Labute approximate surface area is 190 Å². The minimum absolute atomic E-state index is 0.00644. The van der Waals surface area contributed by atoms with Gasteiger partial charge < -0.3 is 14.8 Å². The second-order valence-corrected chi connectivity index (χ2v) is 9.51. The highest BCUT2D eigenvalue weighted by molar-refractivity contribution is 7.89. The van der Waals surface area contributed by atoms with Gasteiger partial charge in [0.2, 0.25) is 10.0 Å². The Morgan fingerprint density at radius 1 is 1.16 bits per heavy atom. The van der Waals surface area contributed by atoms with Crippen molar-refractivity contribution in [3.8, 4) is 5.75 Å². The molecule has 0 bridgehead atoms. The SMILES string of the molecule is COc1ccc(Cl)cc1NC(=O)COC(=O)C1CCN(S(=O)(=O)c2ccc(F)cc2)CC1. The molecule has 1 saturated heterocycles. The van der Waals surface area contributed by atoms with E-state index in [9.17, 15) is 22.4 Å². The van der Waals surface area contributed by atoms with Gasteiger partial charge in [0.05, 0.1) is 23.6 Å². The maximum Gasteiger partial charge on any atom is 0.309 e. The van der Waals surface area contributed by atoms with E-state index in [1.165, 1.54) is 29.6 Å². The number of halogens is 2. The number of nitrogens with one attached hydrogen (secondary N) is 1. The number of methoxy groups -OCH3 is 1. The topological polar surface area (TPSA) is 102 Å². The Morgan fingerprint density at radius 3 is 2.44 bits per heavy atom. The molecule has 0 unspecified atom stereocenters. The van der Waals surface area contributed by atoms with Crippen LogP contribution in [-0.4, -0.2) is 51.4 Å². The second-order valence-electron chi connectivity index (χ2n) is 7.13. The Kier molecular flexibility index (Phi) is 7.70. The summed E-state index contributed by atoms with van der Waals surface area (Å²) in [6, 6.07) is 9.30. The minimum atomic E-state index is -3.77. The Balaban J connectivity index is 1.50. The molecule has 1 fully saturated rings. The van der Waals surface area contributed by atoms with E-state index in [0.29, 0.717) is 16.5 Å². The third-order valence-corrected chi connectivity index (χ3v) is 7.17. The van der Waals surface area contributed by atoms with Crippen LogP contribution in [0.2, 0.25) is 5.02 Å². The van der Waals surface area contributed by atoms with Crippen molar-refractivity contribution in [1.29, 1.82) is 0 Å². The monoisotopic (exact) mass is 484 g/mol. The first-order valence-electron chi connectivity index (χ1n) is 9.76. The maximum atomic E-state index is 13.1. The van der Waals surface area contributed by atoms with Crippen LogP contribution in [0.15, 0.2) is 47.4 Å². The summed E-state index contributed by atoms with van der Waals surface area (Å²) in [6.07, 6.45) is 0.506. The first-order chi connectivity index (χ1) is 15.2. The first kappa shape index (κ1) is 24.0. The summed E-state index contributed by atoms with van der Waals surface area (Å²) in [5, 5.41) is 2.97. The van der Waals surface area contributed by atoms with Crippen molar-refractivity contribution in [2.24, 2.45) is 5.92 Å². The number of carbonyl (C=O) groups is 2. The first-order valence-corrected chi connectivity index (χ1v) is 11.6. The number of rotatable bonds is 7. The molecule has 172 valence electrons.